The van der Waals surface area contributed by atoms with Crippen LogP contribution in [0.3, 0.4) is 0 Å². The standard InChI is InChI=1S/C15H29NO/c1-4-14(5-2)10-16(11-14)15(12-17)8-6-13(3)7-9-15/h13,17H,4-12H2,1-3H3. The van der Waals surface area contributed by atoms with Gasteiger partial charge in [0, 0.05) is 18.6 Å². The first-order chi connectivity index (χ1) is 8.10. The lowest BCUT2D eigenvalue weighted by atomic mass is 9.68. The summed E-state index contributed by atoms with van der Waals surface area (Å²) in [6.07, 6.45) is 7.57. The largest absolute Gasteiger partial charge is 0.394 e. The Balaban J connectivity index is 1.97. The van der Waals surface area contributed by atoms with Gasteiger partial charge in [-0.2, -0.15) is 0 Å². The Morgan fingerprint density at radius 1 is 1.12 bits per heavy atom. The maximum atomic E-state index is 9.84. The molecule has 2 aliphatic rings. The van der Waals surface area contributed by atoms with Gasteiger partial charge >= 0.3 is 0 Å². The van der Waals surface area contributed by atoms with Crippen LogP contribution in [0.1, 0.15) is 59.3 Å². The van der Waals surface area contributed by atoms with Crippen molar-refractivity contribution in [3.63, 3.8) is 0 Å². The summed E-state index contributed by atoms with van der Waals surface area (Å²) in [6, 6.07) is 0. The molecule has 0 spiro atoms. The van der Waals surface area contributed by atoms with E-state index in [0.29, 0.717) is 12.0 Å². The molecule has 1 saturated heterocycles. The minimum absolute atomic E-state index is 0.139. The van der Waals surface area contributed by atoms with Crippen LogP contribution in [0.15, 0.2) is 0 Å². The summed E-state index contributed by atoms with van der Waals surface area (Å²) < 4.78 is 0. The average molecular weight is 239 g/mol. The van der Waals surface area contributed by atoms with Crippen LogP contribution in [0.25, 0.3) is 0 Å². The lowest BCUT2D eigenvalue weighted by Crippen LogP contribution is -2.67. The Morgan fingerprint density at radius 3 is 2.06 bits per heavy atom. The number of aliphatic hydroxyl groups is 1. The molecule has 0 unspecified atom stereocenters. The molecule has 2 nitrogen and oxygen atoms in total. The van der Waals surface area contributed by atoms with Crippen LogP contribution in [-0.4, -0.2) is 35.2 Å². The number of hydrogen-bond donors (Lipinski definition) is 1. The van der Waals surface area contributed by atoms with Crippen molar-refractivity contribution in [1.29, 1.82) is 0 Å². The first-order valence-corrected chi connectivity index (χ1v) is 7.46. The third-order valence-electron chi connectivity index (χ3n) is 5.72. The number of likely N-dealkylation sites (tertiary alicyclic amines) is 1. The van der Waals surface area contributed by atoms with Gasteiger partial charge in [-0.05, 0) is 49.9 Å². The Kier molecular flexibility index (Phi) is 3.84. The predicted molar refractivity (Wildman–Crippen MR) is 72.0 cm³/mol. The van der Waals surface area contributed by atoms with Crippen LogP contribution in [0.2, 0.25) is 0 Å². The third kappa shape index (κ3) is 2.26. The van der Waals surface area contributed by atoms with Crippen LogP contribution < -0.4 is 0 Å². The average Bonchev–Trinajstić information content (AvgIpc) is 2.32. The van der Waals surface area contributed by atoms with Gasteiger partial charge in [0.15, 0.2) is 0 Å². The SMILES string of the molecule is CCC1(CC)CN(C2(CO)CCC(C)CC2)C1. The van der Waals surface area contributed by atoms with Crippen LogP contribution >= 0.6 is 0 Å². The highest BCUT2D eigenvalue weighted by Gasteiger charge is 2.50. The molecule has 1 aliphatic carbocycles. The summed E-state index contributed by atoms with van der Waals surface area (Å²) in [4.78, 5) is 2.59. The number of rotatable bonds is 4. The molecule has 0 radical (unpaired) electrons. The highest BCUT2D eigenvalue weighted by atomic mass is 16.3. The summed E-state index contributed by atoms with van der Waals surface area (Å²) in [7, 11) is 0. The molecule has 2 heteroatoms. The molecule has 0 atom stereocenters. The summed E-state index contributed by atoms with van der Waals surface area (Å²) in [5.41, 5.74) is 0.700. The topological polar surface area (TPSA) is 23.5 Å². The highest BCUT2D eigenvalue weighted by molar-refractivity contribution is 5.04. The second-order valence-electron chi connectivity index (χ2n) is 6.63. The molecule has 0 aromatic rings. The minimum atomic E-state index is 0.139. The first-order valence-electron chi connectivity index (χ1n) is 7.46. The van der Waals surface area contributed by atoms with Crippen LogP contribution in [0.4, 0.5) is 0 Å². The Bertz CT molecular complexity index is 244. The van der Waals surface area contributed by atoms with Gasteiger partial charge in [-0.3, -0.25) is 4.90 Å². The molecule has 1 heterocycles. The lowest BCUT2D eigenvalue weighted by molar-refractivity contribution is -0.118. The minimum Gasteiger partial charge on any atom is -0.394 e. The summed E-state index contributed by atoms with van der Waals surface area (Å²) in [6.45, 7) is 9.78. The van der Waals surface area contributed by atoms with E-state index in [1.54, 1.807) is 0 Å². The zero-order chi connectivity index (χ0) is 12.5. The quantitative estimate of drug-likeness (QED) is 0.815. The third-order valence-corrected chi connectivity index (χ3v) is 5.72. The number of nitrogens with zero attached hydrogens (tertiary/aromatic N) is 1. The molecule has 2 rings (SSSR count). The fraction of sp³-hybridized carbons (Fsp3) is 1.00. The normalized spacial score (nSPS) is 37.8. The molecule has 2 fully saturated rings. The van der Waals surface area contributed by atoms with Gasteiger partial charge < -0.3 is 5.11 Å². The van der Waals surface area contributed by atoms with Gasteiger partial charge in [0.05, 0.1) is 6.61 Å². The summed E-state index contributed by atoms with van der Waals surface area (Å²) in [5.74, 6) is 0.859. The van der Waals surface area contributed by atoms with Gasteiger partial charge in [-0.1, -0.05) is 20.8 Å². The van der Waals surface area contributed by atoms with Crippen molar-refractivity contribution in [1.82, 2.24) is 4.90 Å². The molecular formula is C15H29NO. The van der Waals surface area contributed by atoms with Crippen molar-refractivity contribution < 1.29 is 5.11 Å². The summed E-state index contributed by atoms with van der Waals surface area (Å²) >= 11 is 0. The van der Waals surface area contributed by atoms with Crippen LogP contribution in [0.5, 0.6) is 0 Å². The lowest BCUT2D eigenvalue weighted by Gasteiger charge is -2.59. The van der Waals surface area contributed by atoms with E-state index in [2.05, 4.69) is 25.7 Å². The van der Waals surface area contributed by atoms with E-state index in [-0.39, 0.29) is 5.54 Å². The van der Waals surface area contributed by atoms with E-state index in [1.165, 1.54) is 51.6 Å². The van der Waals surface area contributed by atoms with E-state index in [4.69, 9.17) is 0 Å². The maximum Gasteiger partial charge on any atom is 0.0615 e. The molecule has 0 amide bonds. The van der Waals surface area contributed by atoms with E-state index in [1.807, 2.05) is 0 Å². The fourth-order valence-corrected chi connectivity index (χ4v) is 3.67. The van der Waals surface area contributed by atoms with E-state index in [9.17, 15) is 5.11 Å². The van der Waals surface area contributed by atoms with Crippen molar-refractivity contribution in [2.24, 2.45) is 11.3 Å². The smallest absolute Gasteiger partial charge is 0.0615 e. The zero-order valence-electron chi connectivity index (χ0n) is 11.8. The molecule has 0 aromatic heterocycles. The van der Waals surface area contributed by atoms with Crippen LogP contribution in [-0.2, 0) is 0 Å². The van der Waals surface area contributed by atoms with Crippen molar-refractivity contribution >= 4 is 0 Å². The molecule has 100 valence electrons. The van der Waals surface area contributed by atoms with Crippen molar-refractivity contribution in [2.45, 2.75) is 64.8 Å². The van der Waals surface area contributed by atoms with Gasteiger partial charge in [-0.25, -0.2) is 0 Å². The molecular weight excluding hydrogens is 210 g/mol. The van der Waals surface area contributed by atoms with E-state index in [0.717, 1.165) is 5.92 Å². The Labute approximate surface area is 106 Å². The van der Waals surface area contributed by atoms with Crippen molar-refractivity contribution in [3.05, 3.63) is 0 Å². The van der Waals surface area contributed by atoms with Gasteiger partial charge in [0.2, 0.25) is 0 Å². The van der Waals surface area contributed by atoms with Gasteiger partial charge in [-0.15, -0.1) is 0 Å². The molecule has 0 aromatic carbocycles. The Hall–Kier alpha value is -0.0800. The second-order valence-corrected chi connectivity index (χ2v) is 6.63. The van der Waals surface area contributed by atoms with Gasteiger partial charge in [0.25, 0.3) is 0 Å². The predicted octanol–water partition coefficient (Wildman–Crippen LogP) is 3.05. The monoisotopic (exact) mass is 239 g/mol. The first kappa shape index (κ1) is 13.4. The molecule has 0 bridgehead atoms. The van der Waals surface area contributed by atoms with Crippen LogP contribution in [0, 0.1) is 11.3 Å². The molecule has 17 heavy (non-hydrogen) atoms. The van der Waals surface area contributed by atoms with E-state index < -0.39 is 0 Å². The fourth-order valence-electron chi connectivity index (χ4n) is 3.67. The maximum absolute atomic E-state index is 9.84. The van der Waals surface area contributed by atoms with Crippen molar-refractivity contribution in [3.8, 4) is 0 Å². The number of aliphatic hydroxyl groups excluding tert-OH is 1. The molecule has 1 N–H and O–H groups in total. The second kappa shape index (κ2) is 4.89. The zero-order valence-corrected chi connectivity index (χ0v) is 11.8. The van der Waals surface area contributed by atoms with Crippen molar-refractivity contribution in [2.75, 3.05) is 19.7 Å². The molecule has 1 aliphatic heterocycles. The summed E-state index contributed by atoms with van der Waals surface area (Å²) in [5, 5.41) is 9.84. The van der Waals surface area contributed by atoms with Gasteiger partial charge in [0.1, 0.15) is 0 Å². The Morgan fingerprint density at radius 2 is 1.65 bits per heavy atom. The molecule has 1 saturated carbocycles. The number of hydrogen-bond acceptors (Lipinski definition) is 2. The highest BCUT2D eigenvalue weighted by Crippen LogP contribution is 2.46. The van der Waals surface area contributed by atoms with E-state index >= 15 is 0 Å².